The summed E-state index contributed by atoms with van der Waals surface area (Å²) in [6.45, 7) is 1.03. The molecule has 5 heteroatoms. The molecule has 4 nitrogen and oxygen atoms in total. The van der Waals surface area contributed by atoms with E-state index in [0.29, 0.717) is 6.04 Å². The number of aromatic nitrogens is 4. The van der Waals surface area contributed by atoms with Gasteiger partial charge < -0.3 is 0 Å². The zero-order chi connectivity index (χ0) is 9.38. The average Bonchev–Trinajstić information content (AvgIpc) is 2.79. The maximum atomic E-state index is 4.27. The molecule has 3 rings (SSSR count). The quantitative estimate of drug-likeness (QED) is 0.654. The Morgan fingerprint density at radius 1 is 1.29 bits per heavy atom. The molecule has 0 bridgehead atoms. The minimum Gasteiger partial charge on any atom is -0.127 e. The van der Waals surface area contributed by atoms with Crippen LogP contribution >= 0.6 is 11.8 Å². The number of hydrogen-bond acceptors (Lipinski definition) is 3. The van der Waals surface area contributed by atoms with Crippen LogP contribution in [-0.4, -0.2) is 20.9 Å². The van der Waals surface area contributed by atoms with Gasteiger partial charge in [-0.3, -0.25) is 0 Å². The SMILES string of the molecule is C1CCC(n2nn[n+]3c2SCC3)CC1. The van der Waals surface area contributed by atoms with E-state index in [0.717, 1.165) is 12.3 Å². The lowest BCUT2D eigenvalue weighted by atomic mass is 9.96. The van der Waals surface area contributed by atoms with E-state index < -0.39 is 0 Å². The van der Waals surface area contributed by atoms with Crippen LogP contribution in [0.15, 0.2) is 5.16 Å². The van der Waals surface area contributed by atoms with Crippen LogP contribution in [0.4, 0.5) is 0 Å². The summed E-state index contributed by atoms with van der Waals surface area (Å²) in [4.78, 5) is 0. The van der Waals surface area contributed by atoms with Crippen molar-refractivity contribution in [3.8, 4) is 0 Å². The zero-order valence-corrected chi connectivity index (χ0v) is 9.04. The van der Waals surface area contributed by atoms with Crippen molar-refractivity contribution in [1.29, 1.82) is 0 Å². The molecule has 76 valence electrons. The molecular weight excluding hydrogens is 196 g/mol. The number of rotatable bonds is 1. The molecule has 0 N–H and O–H groups in total. The van der Waals surface area contributed by atoms with E-state index in [1.807, 2.05) is 16.4 Å². The summed E-state index contributed by atoms with van der Waals surface area (Å²) in [6.07, 6.45) is 6.69. The van der Waals surface area contributed by atoms with E-state index in [1.165, 1.54) is 37.3 Å². The predicted molar refractivity (Wildman–Crippen MR) is 53.1 cm³/mol. The number of nitrogens with zero attached hydrogens (tertiary/aromatic N) is 4. The van der Waals surface area contributed by atoms with Crippen molar-refractivity contribution in [2.24, 2.45) is 0 Å². The Morgan fingerprint density at radius 3 is 3.00 bits per heavy atom. The number of aryl methyl sites for hydroxylation is 1. The molecule has 1 fully saturated rings. The molecule has 1 aliphatic carbocycles. The van der Waals surface area contributed by atoms with Crippen LogP contribution < -0.4 is 4.68 Å². The summed E-state index contributed by atoms with van der Waals surface area (Å²) in [5.74, 6) is 1.16. The van der Waals surface area contributed by atoms with Gasteiger partial charge in [0.1, 0.15) is 17.8 Å². The van der Waals surface area contributed by atoms with E-state index in [-0.39, 0.29) is 0 Å². The molecule has 14 heavy (non-hydrogen) atoms. The first-order valence-corrected chi connectivity index (χ1v) is 6.42. The third-order valence-corrected chi connectivity index (χ3v) is 4.16. The van der Waals surface area contributed by atoms with Gasteiger partial charge >= 0.3 is 5.16 Å². The molecule has 0 atom stereocenters. The van der Waals surface area contributed by atoms with Gasteiger partial charge in [0.05, 0.1) is 0 Å². The van der Waals surface area contributed by atoms with Gasteiger partial charge in [-0.05, 0) is 37.4 Å². The maximum absolute atomic E-state index is 4.27. The van der Waals surface area contributed by atoms with Gasteiger partial charge in [-0.25, -0.2) is 0 Å². The van der Waals surface area contributed by atoms with Crippen LogP contribution in [0, 0.1) is 0 Å². The summed E-state index contributed by atoms with van der Waals surface area (Å²) >= 11 is 1.90. The molecule has 1 aliphatic heterocycles. The van der Waals surface area contributed by atoms with Crippen LogP contribution in [-0.2, 0) is 6.54 Å². The largest absolute Gasteiger partial charge is 0.317 e. The molecule has 0 unspecified atom stereocenters. The summed E-state index contributed by atoms with van der Waals surface area (Å²) in [5.41, 5.74) is 0. The van der Waals surface area contributed by atoms with Gasteiger partial charge in [0.15, 0.2) is 5.21 Å². The molecular formula is C9H15N4S+. The topological polar surface area (TPSA) is 34.6 Å². The number of thioether (sulfide) groups is 1. The van der Waals surface area contributed by atoms with Crippen LogP contribution in [0.2, 0.25) is 0 Å². The molecule has 2 aliphatic rings. The molecule has 0 saturated heterocycles. The van der Waals surface area contributed by atoms with E-state index in [2.05, 4.69) is 15.1 Å². The fraction of sp³-hybridized carbons (Fsp3) is 0.889. The molecule has 2 heterocycles. The van der Waals surface area contributed by atoms with Crippen molar-refractivity contribution in [3.05, 3.63) is 0 Å². The maximum Gasteiger partial charge on any atom is 0.317 e. The van der Waals surface area contributed by atoms with E-state index in [4.69, 9.17) is 0 Å². The van der Waals surface area contributed by atoms with Crippen molar-refractivity contribution in [2.45, 2.75) is 49.8 Å². The zero-order valence-electron chi connectivity index (χ0n) is 8.22. The van der Waals surface area contributed by atoms with Crippen molar-refractivity contribution in [2.75, 3.05) is 5.75 Å². The third kappa shape index (κ3) is 1.34. The normalized spacial score (nSPS) is 22.6. The second-order valence-electron chi connectivity index (χ2n) is 4.07. The Bertz CT molecular complexity index is 330. The molecule has 0 aromatic carbocycles. The number of tetrazole rings is 1. The summed E-state index contributed by atoms with van der Waals surface area (Å²) in [5, 5.41) is 9.73. The lowest BCUT2D eigenvalue weighted by molar-refractivity contribution is -0.780. The van der Waals surface area contributed by atoms with Crippen LogP contribution in [0.5, 0.6) is 0 Å². The first kappa shape index (κ1) is 8.71. The first-order valence-electron chi connectivity index (χ1n) is 5.43. The average molecular weight is 211 g/mol. The Balaban J connectivity index is 1.88. The fourth-order valence-electron chi connectivity index (χ4n) is 2.35. The lowest BCUT2D eigenvalue weighted by Crippen LogP contribution is -2.35. The molecule has 0 radical (unpaired) electrons. The molecule has 0 amide bonds. The molecule has 1 aromatic rings. The summed E-state index contributed by atoms with van der Waals surface area (Å²) in [6, 6.07) is 0.623. The summed E-state index contributed by atoms with van der Waals surface area (Å²) < 4.78 is 4.20. The Hall–Kier alpha value is -0.580. The van der Waals surface area contributed by atoms with Crippen molar-refractivity contribution in [1.82, 2.24) is 15.1 Å². The highest BCUT2D eigenvalue weighted by Gasteiger charge is 2.32. The Labute approximate surface area is 87.7 Å². The van der Waals surface area contributed by atoms with E-state index in [9.17, 15) is 0 Å². The standard InChI is InChI=1S/C9H15N4S/c1-2-4-8(5-3-1)13-9-12(10-11-13)6-7-14-9/h8H,1-7H2/q+1. The molecule has 0 spiro atoms. The van der Waals surface area contributed by atoms with Crippen LogP contribution in [0.3, 0.4) is 0 Å². The lowest BCUT2D eigenvalue weighted by Gasteiger charge is -2.16. The van der Waals surface area contributed by atoms with Gasteiger partial charge in [-0.15, -0.1) is 4.68 Å². The highest BCUT2D eigenvalue weighted by molar-refractivity contribution is 7.99. The third-order valence-electron chi connectivity index (χ3n) is 3.12. The monoisotopic (exact) mass is 211 g/mol. The van der Waals surface area contributed by atoms with Gasteiger partial charge in [0, 0.05) is 5.75 Å². The molecule has 1 aromatic heterocycles. The smallest absolute Gasteiger partial charge is 0.127 e. The number of hydrogen-bond donors (Lipinski definition) is 0. The van der Waals surface area contributed by atoms with Gasteiger partial charge in [0.25, 0.3) is 0 Å². The summed E-state index contributed by atoms with van der Waals surface area (Å²) in [7, 11) is 0. The highest BCUT2D eigenvalue weighted by Crippen LogP contribution is 2.30. The van der Waals surface area contributed by atoms with Gasteiger partial charge in [-0.1, -0.05) is 11.1 Å². The van der Waals surface area contributed by atoms with Crippen molar-refractivity contribution < 1.29 is 4.68 Å². The van der Waals surface area contributed by atoms with Gasteiger partial charge in [-0.2, -0.15) is 0 Å². The first-order chi connectivity index (χ1) is 6.95. The van der Waals surface area contributed by atoms with Gasteiger partial charge in [0.2, 0.25) is 0 Å². The van der Waals surface area contributed by atoms with E-state index >= 15 is 0 Å². The minimum absolute atomic E-state index is 0.623. The fourth-order valence-corrected chi connectivity index (χ4v) is 3.39. The second-order valence-corrected chi connectivity index (χ2v) is 5.13. The Kier molecular flexibility index (Phi) is 2.20. The van der Waals surface area contributed by atoms with E-state index in [1.54, 1.807) is 0 Å². The Morgan fingerprint density at radius 2 is 2.14 bits per heavy atom. The number of fused-ring (bicyclic) bond motifs is 1. The predicted octanol–water partition coefficient (Wildman–Crippen LogP) is 1.18. The minimum atomic E-state index is 0.623. The highest BCUT2D eigenvalue weighted by atomic mass is 32.2. The van der Waals surface area contributed by atoms with Crippen LogP contribution in [0.25, 0.3) is 0 Å². The van der Waals surface area contributed by atoms with Crippen LogP contribution in [0.1, 0.15) is 38.1 Å². The van der Waals surface area contributed by atoms with Crippen molar-refractivity contribution in [3.63, 3.8) is 0 Å². The van der Waals surface area contributed by atoms with Crippen molar-refractivity contribution >= 4 is 11.8 Å². The second kappa shape index (κ2) is 3.53. The molecule has 1 saturated carbocycles.